The zero-order chi connectivity index (χ0) is 13.1. The summed E-state index contributed by atoms with van der Waals surface area (Å²) in [5.74, 6) is 0.0428. The van der Waals surface area contributed by atoms with Crippen molar-refractivity contribution in [3.63, 3.8) is 0 Å². The number of anilines is 2. The number of primary amides is 1. The first-order valence-corrected chi connectivity index (χ1v) is 7.00. The van der Waals surface area contributed by atoms with E-state index < -0.39 is 5.91 Å². The van der Waals surface area contributed by atoms with Gasteiger partial charge in [0.25, 0.3) is 5.91 Å². The summed E-state index contributed by atoms with van der Waals surface area (Å²) >= 11 is 1.35. The molecule has 1 aromatic rings. The molecule has 5 nitrogen and oxygen atoms in total. The first-order valence-electron chi connectivity index (χ1n) is 6.18. The molecular weight excluding hydrogens is 250 g/mol. The van der Waals surface area contributed by atoms with Crippen LogP contribution in [0.25, 0.3) is 0 Å². The monoisotopic (exact) mass is 269 g/mol. The van der Waals surface area contributed by atoms with Crippen LogP contribution in [0, 0.1) is 0 Å². The third kappa shape index (κ3) is 2.76. The summed E-state index contributed by atoms with van der Waals surface area (Å²) in [5.41, 5.74) is 13.0. The van der Waals surface area contributed by atoms with E-state index >= 15 is 0 Å². The van der Waals surface area contributed by atoms with Crippen LogP contribution in [0.1, 0.15) is 40.9 Å². The lowest BCUT2D eigenvalue weighted by atomic mass is 10.1. The van der Waals surface area contributed by atoms with Crippen LogP contribution in [-0.4, -0.2) is 25.7 Å². The first-order chi connectivity index (χ1) is 8.65. The molecular formula is C12H19N3O2S. The van der Waals surface area contributed by atoms with Crippen molar-refractivity contribution >= 4 is 27.9 Å². The lowest BCUT2D eigenvalue weighted by molar-refractivity contribution is 0.100. The number of rotatable bonds is 7. The quantitative estimate of drug-likeness (QED) is 0.658. The van der Waals surface area contributed by atoms with E-state index in [1.54, 1.807) is 0 Å². The zero-order valence-corrected chi connectivity index (χ0v) is 11.3. The van der Waals surface area contributed by atoms with Gasteiger partial charge in [-0.1, -0.05) is 0 Å². The number of amides is 1. The highest BCUT2D eigenvalue weighted by molar-refractivity contribution is 7.18. The molecule has 1 aliphatic carbocycles. The third-order valence-electron chi connectivity index (χ3n) is 2.93. The van der Waals surface area contributed by atoms with E-state index in [-0.39, 0.29) is 0 Å². The fourth-order valence-electron chi connectivity index (χ4n) is 1.93. The topological polar surface area (TPSA) is 90.4 Å². The van der Waals surface area contributed by atoms with Gasteiger partial charge in [0.2, 0.25) is 0 Å². The van der Waals surface area contributed by atoms with Gasteiger partial charge in [0.05, 0.1) is 17.3 Å². The highest BCUT2D eigenvalue weighted by atomic mass is 32.1. The number of hydrogen-bond acceptors (Lipinski definition) is 5. The van der Waals surface area contributed by atoms with Crippen LogP contribution in [0.15, 0.2) is 0 Å². The Morgan fingerprint density at radius 3 is 2.83 bits per heavy atom. The smallest absolute Gasteiger partial charge is 0.260 e. The Morgan fingerprint density at radius 1 is 1.56 bits per heavy atom. The summed E-state index contributed by atoms with van der Waals surface area (Å²) in [6, 6.07) is 0. The van der Waals surface area contributed by atoms with Crippen molar-refractivity contribution in [1.82, 2.24) is 0 Å². The summed E-state index contributed by atoms with van der Waals surface area (Å²) < 4.78 is 5.27. The van der Waals surface area contributed by atoms with Gasteiger partial charge in [0, 0.05) is 18.7 Å². The molecule has 18 heavy (non-hydrogen) atoms. The Hall–Kier alpha value is -1.27. The molecule has 5 N–H and O–H groups in total. The van der Waals surface area contributed by atoms with Crippen molar-refractivity contribution in [1.29, 1.82) is 0 Å². The van der Waals surface area contributed by atoms with E-state index in [9.17, 15) is 4.79 Å². The minimum absolute atomic E-state index is 0.447. The van der Waals surface area contributed by atoms with Crippen molar-refractivity contribution in [3.8, 4) is 0 Å². The molecule has 0 bridgehead atoms. The number of hydrogen-bond donors (Lipinski definition) is 3. The zero-order valence-electron chi connectivity index (χ0n) is 10.5. The molecule has 0 aromatic carbocycles. The molecule has 1 aromatic heterocycles. The number of nitrogen functional groups attached to an aromatic ring is 1. The molecule has 0 unspecified atom stereocenters. The lowest BCUT2D eigenvalue weighted by Crippen LogP contribution is -2.11. The molecule has 1 aliphatic rings. The number of thiophene rings is 1. The van der Waals surface area contributed by atoms with E-state index in [1.807, 2.05) is 6.92 Å². The maximum absolute atomic E-state index is 11.3. The van der Waals surface area contributed by atoms with E-state index in [4.69, 9.17) is 16.2 Å². The summed E-state index contributed by atoms with van der Waals surface area (Å²) in [4.78, 5) is 11.8. The number of carbonyl (C=O) groups excluding carboxylic acids is 1. The van der Waals surface area contributed by atoms with Crippen LogP contribution in [0.3, 0.4) is 0 Å². The second-order valence-corrected chi connectivity index (χ2v) is 5.37. The van der Waals surface area contributed by atoms with E-state index in [0.29, 0.717) is 36.2 Å². The number of carbonyl (C=O) groups is 1. The van der Waals surface area contributed by atoms with Gasteiger partial charge in [-0.15, -0.1) is 11.3 Å². The van der Waals surface area contributed by atoms with Crippen LogP contribution in [-0.2, 0) is 4.74 Å². The minimum atomic E-state index is -0.447. The van der Waals surface area contributed by atoms with Gasteiger partial charge < -0.3 is 21.5 Å². The summed E-state index contributed by atoms with van der Waals surface area (Å²) in [7, 11) is 0. The van der Waals surface area contributed by atoms with E-state index in [1.165, 1.54) is 11.3 Å². The largest absolute Gasteiger partial charge is 0.397 e. The van der Waals surface area contributed by atoms with Gasteiger partial charge in [-0.05, 0) is 25.7 Å². The first kappa shape index (κ1) is 13.2. The fraction of sp³-hybridized carbons (Fsp3) is 0.583. The average Bonchev–Trinajstić information content (AvgIpc) is 3.10. The standard InChI is InChI=1S/C12H19N3O2S/c1-2-17-6-5-15-12-8(7-3-4-7)9(13)10(18-12)11(14)16/h7,15H,2-6,13H2,1H3,(H2,14,16). The number of ether oxygens (including phenoxy) is 1. The third-order valence-corrected chi connectivity index (χ3v) is 4.12. The van der Waals surface area contributed by atoms with Crippen LogP contribution in [0.5, 0.6) is 0 Å². The Morgan fingerprint density at radius 2 is 2.28 bits per heavy atom. The lowest BCUT2D eigenvalue weighted by Gasteiger charge is -2.07. The molecule has 0 saturated heterocycles. The van der Waals surface area contributed by atoms with Gasteiger partial charge in [-0.3, -0.25) is 4.79 Å². The Kier molecular flexibility index (Phi) is 4.08. The van der Waals surface area contributed by atoms with Gasteiger partial charge in [0.15, 0.2) is 0 Å². The van der Waals surface area contributed by atoms with Crippen molar-refractivity contribution < 1.29 is 9.53 Å². The molecule has 100 valence electrons. The second-order valence-electron chi connectivity index (χ2n) is 4.35. The highest BCUT2D eigenvalue weighted by Gasteiger charge is 2.32. The van der Waals surface area contributed by atoms with Crippen LogP contribution < -0.4 is 16.8 Å². The van der Waals surface area contributed by atoms with Gasteiger partial charge >= 0.3 is 0 Å². The Labute approximate surface area is 110 Å². The van der Waals surface area contributed by atoms with Crippen LogP contribution in [0.2, 0.25) is 0 Å². The molecule has 2 rings (SSSR count). The number of nitrogens with two attached hydrogens (primary N) is 2. The second kappa shape index (κ2) is 5.58. The molecule has 1 heterocycles. The summed E-state index contributed by atoms with van der Waals surface area (Å²) in [6.45, 7) is 4.02. The van der Waals surface area contributed by atoms with Gasteiger partial charge in [0.1, 0.15) is 4.88 Å². The molecule has 0 radical (unpaired) electrons. The van der Waals surface area contributed by atoms with Crippen molar-refractivity contribution in [2.75, 3.05) is 30.8 Å². The van der Waals surface area contributed by atoms with Crippen LogP contribution >= 0.6 is 11.3 Å². The fourth-order valence-corrected chi connectivity index (χ4v) is 3.01. The number of nitrogens with one attached hydrogen (secondary N) is 1. The maximum atomic E-state index is 11.3. The highest BCUT2D eigenvalue weighted by Crippen LogP contribution is 2.50. The Bertz CT molecular complexity index is 441. The molecule has 0 atom stereocenters. The predicted octanol–water partition coefficient (Wildman–Crippen LogP) is 1.76. The molecule has 0 aliphatic heterocycles. The average molecular weight is 269 g/mol. The predicted molar refractivity (Wildman–Crippen MR) is 74.2 cm³/mol. The molecule has 0 spiro atoms. The van der Waals surface area contributed by atoms with E-state index in [2.05, 4.69) is 5.32 Å². The maximum Gasteiger partial charge on any atom is 0.260 e. The van der Waals surface area contributed by atoms with Crippen LogP contribution in [0.4, 0.5) is 10.7 Å². The SMILES string of the molecule is CCOCCNc1sc(C(N)=O)c(N)c1C1CC1. The summed E-state index contributed by atoms with van der Waals surface area (Å²) in [5, 5.41) is 4.27. The molecule has 1 amide bonds. The summed E-state index contributed by atoms with van der Waals surface area (Å²) in [6.07, 6.45) is 2.28. The van der Waals surface area contributed by atoms with Gasteiger partial charge in [-0.2, -0.15) is 0 Å². The molecule has 1 saturated carbocycles. The Balaban J connectivity index is 2.12. The van der Waals surface area contributed by atoms with Crippen molar-refractivity contribution in [2.24, 2.45) is 5.73 Å². The van der Waals surface area contributed by atoms with E-state index in [0.717, 1.165) is 23.4 Å². The minimum Gasteiger partial charge on any atom is -0.397 e. The van der Waals surface area contributed by atoms with Crippen molar-refractivity contribution in [3.05, 3.63) is 10.4 Å². The van der Waals surface area contributed by atoms with Crippen molar-refractivity contribution in [2.45, 2.75) is 25.7 Å². The molecule has 1 fully saturated rings. The van der Waals surface area contributed by atoms with Gasteiger partial charge in [-0.25, -0.2) is 0 Å². The molecule has 6 heteroatoms. The normalized spacial score (nSPS) is 14.7.